The lowest BCUT2D eigenvalue weighted by atomic mass is 10.0. The number of carbonyl (C=O) groups excluding carboxylic acids is 2. The molecule has 134 valence electrons. The summed E-state index contributed by atoms with van der Waals surface area (Å²) in [6.45, 7) is 2.18. The highest BCUT2D eigenvalue weighted by Gasteiger charge is 2.24. The highest BCUT2D eigenvalue weighted by molar-refractivity contribution is 5.89. The molecule has 2 atom stereocenters. The molecule has 0 bridgehead atoms. The van der Waals surface area contributed by atoms with Crippen molar-refractivity contribution >= 4 is 11.8 Å². The van der Waals surface area contributed by atoms with Gasteiger partial charge in [0.05, 0.1) is 0 Å². The smallest absolute Gasteiger partial charge is 0.254 e. The van der Waals surface area contributed by atoms with E-state index in [0.717, 1.165) is 24.8 Å². The van der Waals surface area contributed by atoms with Gasteiger partial charge in [0, 0.05) is 7.11 Å². The molecule has 0 spiro atoms. The van der Waals surface area contributed by atoms with E-state index in [2.05, 4.69) is 12.2 Å². The summed E-state index contributed by atoms with van der Waals surface area (Å²) >= 11 is 0. The summed E-state index contributed by atoms with van der Waals surface area (Å²) in [5, 5.41) is 2.73. The Labute approximate surface area is 145 Å². The first-order valence-corrected chi connectivity index (χ1v) is 8.77. The van der Waals surface area contributed by atoms with Gasteiger partial charge in [-0.2, -0.15) is 0 Å². The highest BCUT2D eigenvalue weighted by Crippen LogP contribution is 2.17. The molecule has 3 N–H and O–H groups in total. The number of amides is 2. The maximum atomic E-state index is 12.4. The second-order valence-electron chi connectivity index (χ2n) is 6.05. The number of hydrogen-bond donors (Lipinski definition) is 2. The first-order chi connectivity index (χ1) is 11.6. The molecule has 1 aromatic rings. The molecule has 1 aromatic carbocycles. The predicted molar refractivity (Wildman–Crippen MR) is 95.3 cm³/mol. The van der Waals surface area contributed by atoms with Crippen LogP contribution < -0.4 is 11.1 Å². The summed E-state index contributed by atoms with van der Waals surface area (Å²) in [6, 6.07) is 8.55. The average Bonchev–Trinajstić information content (AvgIpc) is 2.58. The van der Waals surface area contributed by atoms with E-state index >= 15 is 0 Å². The van der Waals surface area contributed by atoms with E-state index in [1.165, 1.54) is 26.4 Å². The van der Waals surface area contributed by atoms with Crippen LogP contribution in [0, 0.1) is 0 Å². The van der Waals surface area contributed by atoms with Crippen LogP contribution >= 0.6 is 0 Å². The first-order valence-electron chi connectivity index (χ1n) is 8.77. The van der Waals surface area contributed by atoms with Gasteiger partial charge in [-0.15, -0.1) is 0 Å². The summed E-state index contributed by atoms with van der Waals surface area (Å²) in [5.41, 5.74) is 6.18. The molecule has 0 unspecified atom stereocenters. The van der Waals surface area contributed by atoms with Crippen molar-refractivity contribution in [1.82, 2.24) is 5.32 Å². The van der Waals surface area contributed by atoms with Crippen molar-refractivity contribution in [3.8, 4) is 0 Å². The van der Waals surface area contributed by atoms with E-state index in [1.807, 2.05) is 30.3 Å². The molecule has 5 heteroatoms. The Hall–Kier alpha value is -1.88. The quantitative estimate of drug-likeness (QED) is 0.576. The molecule has 0 aliphatic rings. The van der Waals surface area contributed by atoms with Crippen molar-refractivity contribution in [3.05, 3.63) is 35.9 Å². The van der Waals surface area contributed by atoms with Gasteiger partial charge in [-0.25, -0.2) is 0 Å². The van der Waals surface area contributed by atoms with Gasteiger partial charge in [-0.1, -0.05) is 75.8 Å². The lowest BCUT2D eigenvalue weighted by Gasteiger charge is -2.20. The van der Waals surface area contributed by atoms with E-state index in [4.69, 9.17) is 10.5 Å². The predicted octanol–water partition coefficient (Wildman–Crippen LogP) is 3.09. The van der Waals surface area contributed by atoms with E-state index in [-0.39, 0.29) is 5.91 Å². The van der Waals surface area contributed by atoms with Crippen molar-refractivity contribution in [1.29, 1.82) is 0 Å². The van der Waals surface area contributed by atoms with Crippen LogP contribution in [0.5, 0.6) is 0 Å². The minimum atomic E-state index is -0.738. The molecule has 0 fully saturated rings. The van der Waals surface area contributed by atoms with E-state index in [0.29, 0.717) is 6.42 Å². The molecular weight excluding hydrogens is 304 g/mol. The standard InChI is InChI=1S/C19H30N2O3/c1-3-4-5-6-7-11-14-16(18(20)22)21-19(23)17(24-2)15-12-9-8-10-13-15/h8-10,12-13,16-17H,3-7,11,14H2,1-2H3,(H2,20,22)(H,21,23)/t16-,17+/m1/s1. The highest BCUT2D eigenvalue weighted by atomic mass is 16.5. The third-order valence-corrected chi connectivity index (χ3v) is 4.08. The van der Waals surface area contributed by atoms with Crippen LogP contribution in [0.3, 0.4) is 0 Å². The second kappa shape index (κ2) is 11.6. The first kappa shape index (κ1) is 20.2. The van der Waals surface area contributed by atoms with Crippen LogP contribution in [0.4, 0.5) is 0 Å². The number of nitrogens with one attached hydrogen (secondary N) is 1. The number of carbonyl (C=O) groups is 2. The van der Waals surface area contributed by atoms with Gasteiger partial charge in [0.25, 0.3) is 5.91 Å². The maximum absolute atomic E-state index is 12.4. The Morgan fingerprint density at radius 2 is 1.71 bits per heavy atom. The van der Waals surface area contributed by atoms with Gasteiger partial charge in [0.15, 0.2) is 6.10 Å². The Morgan fingerprint density at radius 1 is 1.08 bits per heavy atom. The van der Waals surface area contributed by atoms with Crippen LogP contribution in [-0.4, -0.2) is 25.0 Å². The van der Waals surface area contributed by atoms with Gasteiger partial charge in [0.2, 0.25) is 5.91 Å². The monoisotopic (exact) mass is 334 g/mol. The molecule has 0 saturated heterocycles. The van der Waals surface area contributed by atoms with Gasteiger partial charge in [-0.05, 0) is 12.0 Å². The zero-order valence-electron chi connectivity index (χ0n) is 14.8. The van der Waals surface area contributed by atoms with Crippen molar-refractivity contribution in [2.45, 2.75) is 64.0 Å². The Bertz CT molecular complexity index is 491. The molecule has 0 heterocycles. The number of methoxy groups -OCH3 is 1. The van der Waals surface area contributed by atoms with Crippen LogP contribution in [0.25, 0.3) is 0 Å². The molecule has 5 nitrogen and oxygen atoms in total. The number of hydrogen-bond acceptors (Lipinski definition) is 3. The fraction of sp³-hybridized carbons (Fsp3) is 0.579. The number of benzene rings is 1. The number of primary amides is 1. The molecule has 0 aliphatic carbocycles. The maximum Gasteiger partial charge on any atom is 0.254 e. The molecule has 0 saturated carbocycles. The van der Waals surface area contributed by atoms with Crippen LogP contribution in [-0.2, 0) is 14.3 Å². The molecule has 1 rings (SSSR count). The Balaban J connectivity index is 2.51. The minimum absolute atomic E-state index is 0.335. The second-order valence-corrected chi connectivity index (χ2v) is 6.05. The van der Waals surface area contributed by atoms with Gasteiger partial charge < -0.3 is 15.8 Å². The third kappa shape index (κ3) is 7.13. The third-order valence-electron chi connectivity index (χ3n) is 4.08. The normalized spacial score (nSPS) is 13.2. The summed E-state index contributed by atoms with van der Waals surface area (Å²) in [6.07, 6.45) is 6.56. The van der Waals surface area contributed by atoms with E-state index in [1.54, 1.807) is 0 Å². The van der Waals surface area contributed by atoms with Crippen molar-refractivity contribution in [2.24, 2.45) is 5.73 Å². The Morgan fingerprint density at radius 3 is 2.29 bits per heavy atom. The zero-order valence-corrected chi connectivity index (χ0v) is 14.8. The van der Waals surface area contributed by atoms with Crippen LogP contribution in [0.2, 0.25) is 0 Å². The largest absolute Gasteiger partial charge is 0.368 e. The van der Waals surface area contributed by atoms with Gasteiger partial charge in [-0.3, -0.25) is 9.59 Å². The van der Waals surface area contributed by atoms with Gasteiger partial charge in [0.1, 0.15) is 6.04 Å². The summed E-state index contributed by atoms with van der Waals surface area (Å²) in [7, 11) is 1.48. The Kier molecular flexibility index (Phi) is 9.77. The number of ether oxygens (including phenoxy) is 1. The number of unbranched alkanes of at least 4 members (excludes halogenated alkanes) is 5. The molecule has 0 radical (unpaired) electrons. The summed E-state index contributed by atoms with van der Waals surface area (Å²) in [4.78, 5) is 24.0. The summed E-state index contributed by atoms with van der Waals surface area (Å²) < 4.78 is 5.28. The van der Waals surface area contributed by atoms with Gasteiger partial charge >= 0.3 is 0 Å². The van der Waals surface area contributed by atoms with E-state index in [9.17, 15) is 9.59 Å². The van der Waals surface area contributed by atoms with Crippen LogP contribution in [0.1, 0.15) is 63.5 Å². The van der Waals surface area contributed by atoms with Crippen molar-refractivity contribution < 1.29 is 14.3 Å². The number of nitrogens with two attached hydrogens (primary N) is 1. The van der Waals surface area contributed by atoms with Crippen molar-refractivity contribution in [2.75, 3.05) is 7.11 Å². The molecule has 24 heavy (non-hydrogen) atoms. The van der Waals surface area contributed by atoms with Crippen LogP contribution in [0.15, 0.2) is 30.3 Å². The summed E-state index contributed by atoms with van der Waals surface area (Å²) in [5.74, 6) is -0.835. The average molecular weight is 334 g/mol. The lowest BCUT2D eigenvalue weighted by molar-refractivity contribution is -0.135. The topological polar surface area (TPSA) is 81.4 Å². The zero-order chi connectivity index (χ0) is 17.8. The minimum Gasteiger partial charge on any atom is -0.368 e. The fourth-order valence-corrected chi connectivity index (χ4v) is 2.68. The molecule has 2 amide bonds. The molecule has 0 aliphatic heterocycles. The SMILES string of the molecule is CCCCCCCC[C@@H](NC(=O)[C@@H](OC)c1ccccc1)C(N)=O. The van der Waals surface area contributed by atoms with E-state index < -0.39 is 18.1 Å². The molecular formula is C19H30N2O3. The molecule has 0 aromatic heterocycles. The van der Waals surface area contributed by atoms with Crippen molar-refractivity contribution in [3.63, 3.8) is 0 Å². The fourth-order valence-electron chi connectivity index (χ4n) is 2.68. The lowest BCUT2D eigenvalue weighted by Crippen LogP contribution is -2.46. The number of rotatable bonds is 12.